The zero-order chi connectivity index (χ0) is 8.55. The van der Waals surface area contributed by atoms with E-state index in [-0.39, 0.29) is 0 Å². The van der Waals surface area contributed by atoms with Crippen LogP contribution < -0.4 is 0 Å². The van der Waals surface area contributed by atoms with Crippen LogP contribution in [-0.2, 0) is 5.88 Å². The van der Waals surface area contributed by atoms with E-state index in [2.05, 4.69) is 9.97 Å². The predicted molar refractivity (Wildman–Crippen MR) is 50.7 cm³/mol. The minimum Gasteiger partial charge on any atom is -0.343 e. The number of imidazole rings is 1. The average molecular weight is 201 g/mol. The fraction of sp³-hybridized carbons (Fsp3) is 0.125. The molecule has 0 aliphatic carbocycles. The summed E-state index contributed by atoms with van der Waals surface area (Å²) >= 11 is 11.6. The number of nitrogens with one attached hydrogen (secondary N) is 1. The van der Waals surface area contributed by atoms with Crippen LogP contribution >= 0.6 is 23.2 Å². The van der Waals surface area contributed by atoms with E-state index in [0.29, 0.717) is 10.9 Å². The highest BCUT2D eigenvalue weighted by Gasteiger charge is 2.05. The van der Waals surface area contributed by atoms with E-state index in [1.807, 2.05) is 12.1 Å². The Morgan fingerprint density at radius 1 is 1.42 bits per heavy atom. The number of hydrogen-bond donors (Lipinski definition) is 1. The third-order valence-electron chi connectivity index (χ3n) is 1.76. The molecule has 0 atom stereocenters. The van der Waals surface area contributed by atoms with Gasteiger partial charge in [0.2, 0.25) is 0 Å². The van der Waals surface area contributed by atoms with E-state index in [0.717, 1.165) is 16.6 Å². The summed E-state index contributed by atoms with van der Waals surface area (Å²) < 4.78 is 0. The summed E-state index contributed by atoms with van der Waals surface area (Å²) in [6, 6.07) is 3.71. The SMILES string of the molecule is ClCc1ccc(Cl)c2[nH]cnc12. The average Bonchev–Trinajstić information content (AvgIpc) is 2.54. The number of nitrogens with zero attached hydrogens (tertiary/aromatic N) is 1. The lowest BCUT2D eigenvalue weighted by molar-refractivity contribution is 1.33. The van der Waals surface area contributed by atoms with Gasteiger partial charge in [0.25, 0.3) is 0 Å². The molecule has 12 heavy (non-hydrogen) atoms. The normalized spacial score (nSPS) is 10.8. The van der Waals surface area contributed by atoms with Crippen LogP contribution in [0.2, 0.25) is 5.02 Å². The predicted octanol–water partition coefficient (Wildman–Crippen LogP) is 2.96. The summed E-state index contributed by atoms with van der Waals surface area (Å²) in [6.45, 7) is 0. The van der Waals surface area contributed by atoms with Crippen LogP contribution in [0, 0.1) is 0 Å². The van der Waals surface area contributed by atoms with E-state index < -0.39 is 0 Å². The Morgan fingerprint density at radius 3 is 3.00 bits per heavy atom. The number of rotatable bonds is 1. The number of alkyl halides is 1. The van der Waals surface area contributed by atoms with Gasteiger partial charge in [-0.15, -0.1) is 11.6 Å². The second kappa shape index (κ2) is 2.96. The van der Waals surface area contributed by atoms with Gasteiger partial charge >= 0.3 is 0 Å². The van der Waals surface area contributed by atoms with Crippen LogP contribution in [0.5, 0.6) is 0 Å². The smallest absolute Gasteiger partial charge is 0.0942 e. The molecule has 1 aromatic carbocycles. The Kier molecular flexibility index (Phi) is 1.95. The first-order valence-electron chi connectivity index (χ1n) is 3.49. The van der Waals surface area contributed by atoms with Crippen LogP contribution in [0.15, 0.2) is 18.5 Å². The van der Waals surface area contributed by atoms with Crippen LogP contribution in [-0.4, -0.2) is 9.97 Å². The van der Waals surface area contributed by atoms with Crippen molar-refractivity contribution in [3.63, 3.8) is 0 Å². The maximum Gasteiger partial charge on any atom is 0.0942 e. The van der Waals surface area contributed by atoms with Crippen LogP contribution in [0.25, 0.3) is 11.0 Å². The second-order valence-corrected chi connectivity index (χ2v) is 3.14. The van der Waals surface area contributed by atoms with E-state index in [1.165, 1.54) is 0 Å². The Hall–Kier alpha value is -0.730. The van der Waals surface area contributed by atoms with Gasteiger partial charge in [0.05, 0.1) is 22.4 Å². The highest BCUT2D eigenvalue weighted by atomic mass is 35.5. The quantitative estimate of drug-likeness (QED) is 0.706. The molecule has 2 aromatic rings. The van der Waals surface area contributed by atoms with Crippen molar-refractivity contribution in [3.8, 4) is 0 Å². The van der Waals surface area contributed by atoms with Crippen LogP contribution in [0.3, 0.4) is 0 Å². The molecule has 0 saturated carbocycles. The topological polar surface area (TPSA) is 28.7 Å². The van der Waals surface area contributed by atoms with E-state index in [1.54, 1.807) is 6.33 Å². The molecule has 1 aromatic heterocycles. The van der Waals surface area contributed by atoms with Crippen molar-refractivity contribution in [2.75, 3.05) is 0 Å². The first-order valence-corrected chi connectivity index (χ1v) is 4.40. The molecule has 2 nitrogen and oxygen atoms in total. The van der Waals surface area contributed by atoms with Crippen molar-refractivity contribution in [1.29, 1.82) is 0 Å². The molecule has 0 bridgehead atoms. The van der Waals surface area contributed by atoms with Crippen LogP contribution in [0.1, 0.15) is 5.56 Å². The Balaban J connectivity index is 2.82. The molecule has 1 N–H and O–H groups in total. The lowest BCUT2D eigenvalue weighted by Gasteiger charge is -1.97. The molecule has 2 rings (SSSR count). The summed E-state index contributed by atoms with van der Waals surface area (Å²) in [6.07, 6.45) is 1.62. The van der Waals surface area contributed by atoms with Crippen molar-refractivity contribution in [2.24, 2.45) is 0 Å². The Labute approximate surface area is 79.5 Å². The van der Waals surface area contributed by atoms with Crippen molar-refractivity contribution in [2.45, 2.75) is 5.88 Å². The number of hydrogen-bond acceptors (Lipinski definition) is 1. The molecule has 4 heteroatoms. The molecule has 62 valence electrons. The first kappa shape index (κ1) is 7.90. The summed E-state index contributed by atoms with van der Waals surface area (Å²) in [5, 5.41) is 0.677. The zero-order valence-electron chi connectivity index (χ0n) is 6.14. The van der Waals surface area contributed by atoms with Gasteiger partial charge in [-0.2, -0.15) is 0 Å². The molecule has 1 heterocycles. The van der Waals surface area contributed by atoms with Gasteiger partial charge in [-0.05, 0) is 11.6 Å². The summed E-state index contributed by atoms with van der Waals surface area (Å²) in [5.41, 5.74) is 2.71. The third-order valence-corrected chi connectivity index (χ3v) is 2.36. The van der Waals surface area contributed by atoms with Gasteiger partial charge in [0.15, 0.2) is 0 Å². The zero-order valence-corrected chi connectivity index (χ0v) is 7.65. The lowest BCUT2D eigenvalue weighted by Crippen LogP contribution is -1.81. The van der Waals surface area contributed by atoms with Gasteiger partial charge in [-0.3, -0.25) is 0 Å². The van der Waals surface area contributed by atoms with E-state index >= 15 is 0 Å². The molecule has 0 fully saturated rings. The number of aromatic amines is 1. The second-order valence-electron chi connectivity index (χ2n) is 2.47. The fourth-order valence-electron chi connectivity index (χ4n) is 1.16. The maximum absolute atomic E-state index is 5.91. The minimum atomic E-state index is 0.457. The van der Waals surface area contributed by atoms with Gasteiger partial charge in [0, 0.05) is 5.88 Å². The van der Waals surface area contributed by atoms with Gasteiger partial charge in [-0.1, -0.05) is 17.7 Å². The maximum atomic E-state index is 5.91. The third kappa shape index (κ3) is 1.08. The van der Waals surface area contributed by atoms with Gasteiger partial charge in [-0.25, -0.2) is 4.98 Å². The highest BCUT2D eigenvalue weighted by molar-refractivity contribution is 6.35. The van der Waals surface area contributed by atoms with Crippen molar-refractivity contribution in [1.82, 2.24) is 9.97 Å². The Morgan fingerprint density at radius 2 is 2.25 bits per heavy atom. The largest absolute Gasteiger partial charge is 0.343 e. The van der Waals surface area contributed by atoms with E-state index in [9.17, 15) is 0 Å². The molecule has 0 radical (unpaired) electrons. The summed E-state index contributed by atoms with van der Waals surface area (Å²) in [4.78, 5) is 7.09. The number of benzene rings is 1. The van der Waals surface area contributed by atoms with Gasteiger partial charge in [0.1, 0.15) is 0 Å². The lowest BCUT2D eigenvalue weighted by atomic mass is 10.2. The van der Waals surface area contributed by atoms with Crippen LogP contribution in [0.4, 0.5) is 0 Å². The van der Waals surface area contributed by atoms with Crippen molar-refractivity contribution >= 4 is 34.2 Å². The number of aromatic nitrogens is 2. The molecule has 0 unspecified atom stereocenters. The molecular formula is C8H6Cl2N2. The number of H-pyrrole nitrogens is 1. The summed E-state index contributed by atoms with van der Waals surface area (Å²) in [5.74, 6) is 0.457. The Bertz CT molecular complexity index is 408. The molecular weight excluding hydrogens is 195 g/mol. The number of fused-ring (bicyclic) bond motifs is 1. The van der Waals surface area contributed by atoms with Crippen molar-refractivity contribution in [3.05, 3.63) is 29.0 Å². The monoisotopic (exact) mass is 200 g/mol. The van der Waals surface area contributed by atoms with Gasteiger partial charge < -0.3 is 4.98 Å². The highest BCUT2D eigenvalue weighted by Crippen LogP contribution is 2.24. The first-order chi connectivity index (χ1) is 5.83. The molecule has 0 saturated heterocycles. The fourth-order valence-corrected chi connectivity index (χ4v) is 1.59. The molecule has 0 amide bonds. The molecule has 0 spiro atoms. The molecule has 0 aliphatic heterocycles. The minimum absolute atomic E-state index is 0.457. The van der Waals surface area contributed by atoms with E-state index in [4.69, 9.17) is 23.2 Å². The molecule has 0 aliphatic rings. The van der Waals surface area contributed by atoms with Crippen molar-refractivity contribution < 1.29 is 0 Å². The standard InChI is InChI=1S/C8H6Cl2N2/c9-3-5-1-2-6(10)8-7(5)11-4-12-8/h1-2,4H,3H2,(H,11,12). The summed E-state index contributed by atoms with van der Waals surface area (Å²) in [7, 11) is 0. The number of halogens is 2.